The minimum absolute atomic E-state index is 0. The fraction of sp³-hybridized carbons (Fsp3) is 0.818. The van der Waals surface area contributed by atoms with Crippen molar-refractivity contribution < 1.29 is 20.3 Å². The topological polar surface area (TPSA) is 3.24 Å². The first kappa shape index (κ1) is 15.8. The van der Waals surface area contributed by atoms with Gasteiger partial charge < -0.3 is 1.43 Å². The third kappa shape index (κ3) is 8.62. The predicted octanol–water partition coefficient (Wildman–Crippen LogP) is 0.191. The van der Waals surface area contributed by atoms with Crippen LogP contribution in [0.25, 0.3) is 0 Å². The molecule has 1 nitrogen and oxygen atoms in total. The molecule has 0 aliphatic heterocycles. The molecule has 0 unspecified atom stereocenters. The molecule has 0 spiro atoms. The van der Waals surface area contributed by atoms with E-state index in [1.807, 2.05) is 0 Å². The van der Waals surface area contributed by atoms with Gasteiger partial charge in [-0.1, -0.05) is 25.5 Å². The quantitative estimate of drug-likeness (QED) is 0.413. The number of hydrogen-bond donors (Lipinski definition) is 0. The maximum atomic E-state index is 2.52. The van der Waals surface area contributed by atoms with Gasteiger partial charge in [0.2, 0.25) is 0 Å². The van der Waals surface area contributed by atoms with Crippen molar-refractivity contribution in [3.05, 3.63) is 11.6 Å². The third-order valence-electron chi connectivity index (χ3n) is 2.05. The fourth-order valence-electron chi connectivity index (χ4n) is 1.35. The Kier molecular flexibility index (Phi) is 12.6. The molecular formula is C11H24LiN. The van der Waals surface area contributed by atoms with Crippen LogP contribution in [0.5, 0.6) is 0 Å². The summed E-state index contributed by atoms with van der Waals surface area (Å²) in [5, 5.41) is 0. The molecule has 0 N–H and O–H groups in total. The van der Waals surface area contributed by atoms with E-state index in [-0.39, 0.29) is 20.3 Å². The summed E-state index contributed by atoms with van der Waals surface area (Å²) in [6, 6.07) is 0. The van der Waals surface area contributed by atoms with Crippen LogP contribution in [0.4, 0.5) is 0 Å². The standard InChI is InChI=1S/C11H23N.Li.H/c1-5-8-12(9-6-2)10-11(4)7-3;;/h7H,5-6,8-10H2,1-4H3;;/q;+1;-1. The Morgan fingerprint density at radius 1 is 1.23 bits per heavy atom. The zero-order valence-corrected chi connectivity index (χ0v) is 10.1. The number of nitrogens with zero attached hydrogens (tertiary/aromatic N) is 1. The maximum Gasteiger partial charge on any atom is 1.00 e. The molecule has 0 fully saturated rings. The first-order chi connectivity index (χ1) is 5.74. The Bertz CT molecular complexity index is 131. The Hall–Kier alpha value is 0.297. The summed E-state index contributed by atoms with van der Waals surface area (Å²) in [7, 11) is 0. The molecule has 0 saturated heterocycles. The van der Waals surface area contributed by atoms with Crippen LogP contribution >= 0.6 is 0 Å². The molecule has 0 aromatic heterocycles. The number of allylic oxidation sites excluding steroid dienone is 1. The van der Waals surface area contributed by atoms with Crippen molar-refractivity contribution in [2.24, 2.45) is 0 Å². The van der Waals surface area contributed by atoms with E-state index in [1.54, 1.807) is 0 Å². The van der Waals surface area contributed by atoms with Crippen LogP contribution in [-0.4, -0.2) is 24.5 Å². The zero-order chi connectivity index (χ0) is 9.40. The van der Waals surface area contributed by atoms with Crippen molar-refractivity contribution in [1.82, 2.24) is 4.90 Å². The molecule has 0 rings (SSSR count). The van der Waals surface area contributed by atoms with Gasteiger partial charge in [0.25, 0.3) is 0 Å². The molecule has 0 aliphatic rings. The van der Waals surface area contributed by atoms with Gasteiger partial charge in [-0.25, -0.2) is 0 Å². The van der Waals surface area contributed by atoms with Crippen molar-refractivity contribution in [2.75, 3.05) is 19.6 Å². The third-order valence-corrected chi connectivity index (χ3v) is 2.05. The first-order valence-corrected chi connectivity index (χ1v) is 5.08. The van der Waals surface area contributed by atoms with Gasteiger partial charge in [-0.15, -0.1) is 0 Å². The number of rotatable bonds is 6. The molecule has 74 valence electrons. The van der Waals surface area contributed by atoms with E-state index in [4.69, 9.17) is 0 Å². The van der Waals surface area contributed by atoms with Crippen LogP contribution in [0.15, 0.2) is 11.6 Å². The first-order valence-electron chi connectivity index (χ1n) is 5.08. The average molecular weight is 177 g/mol. The molecule has 0 saturated carbocycles. The summed E-state index contributed by atoms with van der Waals surface area (Å²) < 4.78 is 0. The van der Waals surface area contributed by atoms with Crippen LogP contribution in [0.3, 0.4) is 0 Å². The summed E-state index contributed by atoms with van der Waals surface area (Å²) >= 11 is 0. The fourth-order valence-corrected chi connectivity index (χ4v) is 1.35. The summed E-state index contributed by atoms with van der Waals surface area (Å²) in [5.74, 6) is 0. The van der Waals surface area contributed by atoms with Crippen LogP contribution in [0, 0.1) is 0 Å². The van der Waals surface area contributed by atoms with Gasteiger partial charge in [0.05, 0.1) is 0 Å². The van der Waals surface area contributed by atoms with E-state index >= 15 is 0 Å². The molecule has 2 heteroatoms. The average Bonchev–Trinajstić information content (AvgIpc) is 2.05. The van der Waals surface area contributed by atoms with Crippen molar-refractivity contribution in [2.45, 2.75) is 40.5 Å². The van der Waals surface area contributed by atoms with E-state index in [0.717, 1.165) is 6.54 Å². The smallest absolute Gasteiger partial charge is 1.00 e. The van der Waals surface area contributed by atoms with E-state index < -0.39 is 0 Å². The van der Waals surface area contributed by atoms with Crippen molar-refractivity contribution in [1.29, 1.82) is 0 Å². The maximum absolute atomic E-state index is 2.52. The Balaban J connectivity index is -0.000000605. The van der Waals surface area contributed by atoms with Crippen LogP contribution in [0.1, 0.15) is 42.0 Å². The van der Waals surface area contributed by atoms with Crippen LogP contribution in [0.2, 0.25) is 0 Å². The second-order valence-electron chi connectivity index (χ2n) is 3.41. The minimum atomic E-state index is 0. The molecule has 0 radical (unpaired) electrons. The predicted molar refractivity (Wildman–Crippen MR) is 57.6 cm³/mol. The van der Waals surface area contributed by atoms with E-state index in [0.29, 0.717) is 0 Å². The molecule has 0 bridgehead atoms. The summed E-state index contributed by atoms with van der Waals surface area (Å²) in [5.41, 5.74) is 1.48. The SMILES string of the molecule is CC=C(C)CN(CCC)CCC.[H-].[Li+]. The van der Waals surface area contributed by atoms with Gasteiger partial charge in [-0.3, -0.25) is 4.90 Å². The Morgan fingerprint density at radius 3 is 2.00 bits per heavy atom. The summed E-state index contributed by atoms with van der Waals surface area (Å²) in [6.45, 7) is 12.4. The summed E-state index contributed by atoms with van der Waals surface area (Å²) in [4.78, 5) is 2.52. The second-order valence-corrected chi connectivity index (χ2v) is 3.41. The van der Waals surface area contributed by atoms with Gasteiger partial charge in [-0.2, -0.15) is 0 Å². The molecule has 0 aromatic rings. The van der Waals surface area contributed by atoms with E-state index in [2.05, 4.69) is 38.7 Å². The molecular weight excluding hydrogens is 153 g/mol. The Morgan fingerprint density at radius 2 is 1.69 bits per heavy atom. The second kappa shape index (κ2) is 10.4. The van der Waals surface area contributed by atoms with Crippen LogP contribution in [-0.2, 0) is 0 Å². The van der Waals surface area contributed by atoms with Gasteiger partial charge in [0.15, 0.2) is 0 Å². The molecule has 0 aliphatic carbocycles. The molecule has 0 amide bonds. The minimum Gasteiger partial charge on any atom is -1.00 e. The van der Waals surface area contributed by atoms with Crippen molar-refractivity contribution >= 4 is 0 Å². The largest absolute Gasteiger partial charge is 1.00 e. The summed E-state index contributed by atoms with van der Waals surface area (Å²) in [6.07, 6.45) is 4.73. The van der Waals surface area contributed by atoms with Gasteiger partial charge in [0, 0.05) is 6.54 Å². The van der Waals surface area contributed by atoms with Crippen molar-refractivity contribution in [3.63, 3.8) is 0 Å². The molecule has 0 atom stereocenters. The van der Waals surface area contributed by atoms with E-state index in [1.165, 1.54) is 31.5 Å². The van der Waals surface area contributed by atoms with E-state index in [9.17, 15) is 0 Å². The van der Waals surface area contributed by atoms with Gasteiger partial charge >= 0.3 is 18.9 Å². The van der Waals surface area contributed by atoms with Gasteiger partial charge in [-0.05, 0) is 39.8 Å². The zero-order valence-electron chi connectivity index (χ0n) is 11.1. The molecule has 0 aromatic carbocycles. The van der Waals surface area contributed by atoms with Crippen molar-refractivity contribution in [3.8, 4) is 0 Å². The normalized spacial score (nSPS) is 11.6. The van der Waals surface area contributed by atoms with Crippen LogP contribution < -0.4 is 18.9 Å². The monoisotopic (exact) mass is 177 g/mol. The Labute approximate surface area is 97.2 Å². The molecule has 0 heterocycles. The molecule has 13 heavy (non-hydrogen) atoms. The number of hydrogen-bond acceptors (Lipinski definition) is 1. The van der Waals surface area contributed by atoms with Gasteiger partial charge in [0.1, 0.15) is 0 Å².